The third-order valence-corrected chi connectivity index (χ3v) is 5.36. The van der Waals surface area contributed by atoms with Crippen molar-refractivity contribution in [2.24, 2.45) is 11.7 Å². The number of rotatable bonds is 5. The predicted octanol–water partition coefficient (Wildman–Crippen LogP) is 2.93. The molecule has 0 bridgehead atoms. The van der Waals surface area contributed by atoms with Crippen LogP contribution >= 0.6 is 24.8 Å². The van der Waals surface area contributed by atoms with Crippen LogP contribution in [-0.2, 0) is 17.8 Å². The van der Waals surface area contributed by atoms with Gasteiger partial charge in [-0.25, -0.2) is 0 Å². The Hall–Kier alpha value is -0.850. The van der Waals surface area contributed by atoms with E-state index in [1.54, 1.807) is 0 Å². The highest BCUT2D eigenvalue weighted by Crippen LogP contribution is 2.27. The smallest absolute Gasteiger partial charge is 0.220 e. The molecule has 3 atom stereocenters. The SMILES string of the molecule is CCC(NC(=O)C[C@@H]1CCC[C@H]1N)c1nnc2n1CCCCC2.Cl.Cl. The number of fused-ring (bicyclic) bond motifs is 1. The van der Waals surface area contributed by atoms with Gasteiger partial charge >= 0.3 is 0 Å². The average Bonchev–Trinajstić information content (AvgIpc) is 3.04. The molecule has 2 heterocycles. The summed E-state index contributed by atoms with van der Waals surface area (Å²) in [6, 6.07) is 0.143. The summed E-state index contributed by atoms with van der Waals surface area (Å²) in [4.78, 5) is 12.4. The molecule has 25 heavy (non-hydrogen) atoms. The molecule has 0 spiro atoms. The average molecular weight is 392 g/mol. The van der Waals surface area contributed by atoms with Crippen molar-refractivity contribution in [3.05, 3.63) is 11.6 Å². The summed E-state index contributed by atoms with van der Waals surface area (Å²) < 4.78 is 2.22. The maximum absolute atomic E-state index is 12.4. The fourth-order valence-electron chi connectivity index (χ4n) is 3.92. The van der Waals surface area contributed by atoms with Gasteiger partial charge in [-0.15, -0.1) is 35.0 Å². The zero-order chi connectivity index (χ0) is 16.2. The summed E-state index contributed by atoms with van der Waals surface area (Å²) in [6.45, 7) is 3.06. The monoisotopic (exact) mass is 391 g/mol. The third kappa shape index (κ3) is 5.31. The van der Waals surface area contributed by atoms with E-state index >= 15 is 0 Å². The van der Waals surface area contributed by atoms with Gasteiger partial charge in [0, 0.05) is 25.4 Å². The van der Waals surface area contributed by atoms with Crippen molar-refractivity contribution in [2.45, 2.75) is 83.3 Å². The molecular weight excluding hydrogens is 361 g/mol. The van der Waals surface area contributed by atoms with Crippen LogP contribution in [0.5, 0.6) is 0 Å². The van der Waals surface area contributed by atoms with Crippen molar-refractivity contribution in [2.75, 3.05) is 0 Å². The molecule has 1 aliphatic carbocycles. The molecule has 0 radical (unpaired) electrons. The van der Waals surface area contributed by atoms with Crippen molar-refractivity contribution < 1.29 is 4.79 Å². The summed E-state index contributed by atoms with van der Waals surface area (Å²) >= 11 is 0. The van der Waals surface area contributed by atoms with E-state index in [2.05, 4.69) is 27.0 Å². The standard InChI is InChI=1S/C17H29N5O.2ClH/c1-2-14(19-16(23)11-12-7-6-8-13(12)18)17-21-20-15-9-4-3-5-10-22(15)17;;/h12-14H,2-11,18H2,1H3,(H,19,23);2*1H/t12-,13+,14?;;/m0../s1. The second kappa shape index (κ2) is 10.3. The molecule has 0 saturated heterocycles. The minimum atomic E-state index is -0.0422. The van der Waals surface area contributed by atoms with E-state index in [4.69, 9.17) is 5.73 Å². The molecule has 3 rings (SSSR count). The summed E-state index contributed by atoms with van der Waals surface area (Å²) in [5.41, 5.74) is 6.09. The van der Waals surface area contributed by atoms with Crippen molar-refractivity contribution in [3.8, 4) is 0 Å². The van der Waals surface area contributed by atoms with Gasteiger partial charge in [0.1, 0.15) is 5.82 Å². The number of amides is 1. The van der Waals surface area contributed by atoms with Crippen LogP contribution in [0.1, 0.15) is 76.0 Å². The Morgan fingerprint density at radius 2 is 2.04 bits per heavy atom. The van der Waals surface area contributed by atoms with Crippen LogP contribution in [0, 0.1) is 5.92 Å². The van der Waals surface area contributed by atoms with Crippen LogP contribution in [0.25, 0.3) is 0 Å². The van der Waals surface area contributed by atoms with Crippen molar-refractivity contribution in [1.29, 1.82) is 0 Å². The number of nitrogens with two attached hydrogens (primary N) is 1. The first kappa shape index (κ1) is 22.2. The van der Waals surface area contributed by atoms with Crippen LogP contribution in [0.4, 0.5) is 0 Å². The molecule has 1 amide bonds. The summed E-state index contributed by atoms with van der Waals surface area (Å²) in [5, 5.41) is 11.9. The summed E-state index contributed by atoms with van der Waals surface area (Å²) in [5.74, 6) is 2.43. The highest BCUT2D eigenvalue weighted by molar-refractivity contribution is 5.85. The molecular formula is C17H31Cl2N5O. The van der Waals surface area contributed by atoms with Gasteiger partial charge < -0.3 is 15.6 Å². The number of nitrogens with one attached hydrogen (secondary N) is 1. The minimum absolute atomic E-state index is 0. The predicted molar refractivity (Wildman–Crippen MR) is 103 cm³/mol. The lowest BCUT2D eigenvalue weighted by Crippen LogP contribution is -2.34. The number of aromatic nitrogens is 3. The topological polar surface area (TPSA) is 85.8 Å². The molecule has 2 aliphatic rings. The van der Waals surface area contributed by atoms with Gasteiger partial charge in [0.15, 0.2) is 5.82 Å². The molecule has 1 fully saturated rings. The summed E-state index contributed by atoms with van der Waals surface area (Å²) in [7, 11) is 0. The van der Waals surface area contributed by atoms with Crippen LogP contribution in [0.3, 0.4) is 0 Å². The molecule has 144 valence electrons. The Balaban J connectivity index is 0.00000156. The first-order valence-corrected chi connectivity index (χ1v) is 9.16. The van der Waals surface area contributed by atoms with E-state index in [0.29, 0.717) is 12.3 Å². The van der Waals surface area contributed by atoms with Crippen molar-refractivity contribution >= 4 is 30.7 Å². The van der Waals surface area contributed by atoms with Crippen LogP contribution in [-0.4, -0.2) is 26.7 Å². The molecule has 1 saturated carbocycles. The lowest BCUT2D eigenvalue weighted by molar-refractivity contribution is -0.123. The third-order valence-electron chi connectivity index (χ3n) is 5.36. The maximum Gasteiger partial charge on any atom is 0.220 e. The fraction of sp³-hybridized carbons (Fsp3) is 0.824. The van der Waals surface area contributed by atoms with Gasteiger partial charge in [0.25, 0.3) is 0 Å². The van der Waals surface area contributed by atoms with E-state index < -0.39 is 0 Å². The fourth-order valence-corrected chi connectivity index (χ4v) is 3.92. The zero-order valence-corrected chi connectivity index (χ0v) is 16.6. The van der Waals surface area contributed by atoms with Gasteiger partial charge in [-0.05, 0) is 38.0 Å². The van der Waals surface area contributed by atoms with Crippen LogP contribution in [0.15, 0.2) is 0 Å². The number of halogens is 2. The highest BCUT2D eigenvalue weighted by Gasteiger charge is 2.28. The van der Waals surface area contributed by atoms with Crippen molar-refractivity contribution in [3.63, 3.8) is 0 Å². The number of carbonyl (C=O) groups excluding carboxylic acids is 1. The molecule has 3 N–H and O–H groups in total. The highest BCUT2D eigenvalue weighted by atomic mass is 35.5. The van der Waals surface area contributed by atoms with E-state index in [1.807, 2.05) is 0 Å². The number of hydrogen-bond acceptors (Lipinski definition) is 4. The Morgan fingerprint density at radius 1 is 1.24 bits per heavy atom. The van der Waals surface area contributed by atoms with Gasteiger partial charge in [-0.1, -0.05) is 19.8 Å². The Kier molecular flexibility index (Phi) is 9.17. The Labute approximate surface area is 162 Å². The molecule has 6 nitrogen and oxygen atoms in total. The second-order valence-corrected chi connectivity index (χ2v) is 7.02. The van der Waals surface area contributed by atoms with Crippen LogP contribution < -0.4 is 11.1 Å². The number of nitrogens with zero attached hydrogens (tertiary/aromatic N) is 3. The van der Waals surface area contributed by atoms with E-state index in [1.165, 1.54) is 19.3 Å². The molecule has 1 aromatic heterocycles. The lowest BCUT2D eigenvalue weighted by Gasteiger charge is -2.20. The zero-order valence-electron chi connectivity index (χ0n) is 14.9. The first-order valence-electron chi connectivity index (χ1n) is 9.16. The van der Waals surface area contributed by atoms with E-state index in [9.17, 15) is 4.79 Å². The van der Waals surface area contributed by atoms with Crippen LogP contribution in [0.2, 0.25) is 0 Å². The van der Waals surface area contributed by atoms with Gasteiger partial charge in [0.2, 0.25) is 5.91 Å². The van der Waals surface area contributed by atoms with Gasteiger partial charge in [0.05, 0.1) is 6.04 Å². The number of hydrogen-bond donors (Lipinski definition) is 2. The molecule has 8 heteroatoms. The largest absolute Gasteiger partial charge is 0.346 e. The molecule has 1 aromatic rings. The van der Waals surface area contributed by atoms with Gasteiger partial charge in [-0.3, -0.25) is 4.79 Å². The summed E-state index contributed by atoms with van der Waals surface area (Å²) in [6.07, 6.45) is 9.23. The molecule has 1 aliphatic heterocycles. The van der Waals surface area contributed by atoms with Gasteiger partial charge in [-0.2, -0.15) is 0 Å². The minimum Gasteiger partial charge on any atom is -0.346 e. The number of carbonyl (C=O) groups is 1. The maximum atomic E-state index is 12.4. The second-order valence-electron chi connectivity index (χ2n) is 7.02. The molecule has 1 unspecified atom stereocenters. The lowest BCUT2D eigenvalue weighted by atomic mass is 9.99. The normalized spacial score (nSPS) is 23.6. The van der Waals surface area contributed by atoms with E-state index in [-0.39, 0.29) is 42.8 Å². The Bertz CT molecular complexity index is 551. The molecule has 0 aromatic carbocycles. The Morgan fingerprint density at radius 3 is 2.72 bits per heavy atom. The first-order chi connectivity index (χ1) is 11.2. The number of aryl methyl sites for hydroxylation is 1. The van der Waals surface area contributed by atoms with E-state index in [0.717, 1.165) is 50.3 Å². The quantitative estimate of drug-likeness (QED) is 0.807. The van der Waals surface area contributed by atoms with Crippen molar-refractivity contribution in [1.82, 2.24) is 20.1 Å².